The molecule has 31 heavy (non-hydrogen) atoms. The topological polar surface area (TPSA) is 67.4 Å². The molecular weight excluding hydrogens is 421 g/mol. The molecule has 2 unspecified atom stereocenters. The zero-order valence-corrected chi connectivity index (χ0v) is 18.7. The Morgan fingerprint density at radius 2 is 2.03 bits per heavy atom. The molecule has 0 radical (unpaired) electrons. The standard InChI is InChI=1S/C23H25ClFN3O3/c1-13-5-8-20(31-4)17(9-13)23(16-10-14(24)6-7-18(16)27-22(23)30)28(3)12-15(25)11-19(28)21(29)26-2/h5-10,15,19H,11-12H2,1-4H3,(H-,26,27,29,30)/p+1/t15-,19+,23?,28?/m1/s1. The number of alkyl halides is 1. The highest BCUT2D eigenvalue weighted by molar-refractivity contribution is 6.31. The minimum atomic E-state index is -1.42. The Kier molecular flexibility index (Phi) is 5.22. The zero-order chi connectivity index (χ0) is 22.6. The van der Waals surface area contributed by atoms with Gasteiger partial charge in [0.15, 0.2) is 12.2 Å². The van der Waals surface area contributed by atoms with Crippen LogP contribution in [0.1, 0.15) is 23.1 Å². The van der Waals surface area contributed by atoms with Crippen LogP contribution < -0.4 is 15.4 Å². The number of quaternary nitrogens is 1. The average molecular weight is 447 g/mol. The van der Waals surface area contributed by atoms with Gasteiger partial charge in [-0.05, 0) is 37.3 Å². The first-order chi connectivity index (χ1) is 14.7. The molecule has 0 bridgehead atoms. The van der Waals surface area contributed by atoms with Gasteiger partial charge in [0.25, 0.3) is 11.8 Å². The van der Waals surface area contributed by atoms with Gasteiger partial charge in [-0.2, -0.15) is 0 Å². The van der Waals surface area contributed by atoms with E-state index in [0.717, 1.165) is 5.56 Å². The van der Waals surface area contributed by atoms with Crippen molar-refractivity contribution in [2.45, 2.75) is 31.1 Å². The highest BCUT2D eigenvalue weighted by Crippen LogP contribution is 2.55. The Bertz CT molecular complexity index is 1080. The van der Waals surface area contributed by atoms with E-state index in [1.807, 2.05) is 19.1 Å². The van der Waals surface area contributed by atoms with Crippen LogP contribution in [-0.2, 0) is 15.1 Å². The molecule has 4 atom stereocenters. The van der Waals surface area contributed by atoms with Crippen LogP contribution in [0.5, 0.6) is 5.75 Å². The summed E-state index contributed by atoms with van der Waals surface area (Å²) in [5.74, 6) is -0.151. The third kappa shape index (κ3) is 2.94. The van der Waals surface area contributed by atoms with Gasteiger partial charge in [0.05, 0.1) is 31.0 Å². The summed E-state index contributed by atoms with van der Waals surface area (Å²) in [4.78, 5) is 26.9. The van der Waals surface area contributed by atoms with Gasteiger partial charge in [0.1, 0.15) is 12.3 Å². The first kappa shape index (κ1) is 21.6. The quantitative estimate of drug-likeness (QED) is 0.709. The number of nitrogens with zero attached hydrogens (tertiary/aromatic N) is 1. The molecule has 2 heterocycles. The van der Waals surface area contributed by atoms with Crippen LogP contribution in [0.25, 0.3) is 0 Å². The molecule has 2 N–H and O–H groups in total. The van der Waals surface area contributed by atoms with Gasteiger partial charge in [-0.3, -0.25) is 14.1 Å². The molecule has 0 aliphatic carbocycles. The predicted molar refractivity (Wildman–Crippen MR) is 117 cm³/mol. The Morgan fingerprint density at radius 3 is 2.71 bits per heavy atom. The third-order valence-electron chi connectivity index (χ3n) is 6.75. The summed E-state index contributed by atoms with van der Waals surface area (Å²) in [5, 5.41) is 6.06. The molecule has 0 saturated carbocycles. The van der Waals surface area contributed by atoms with Crippen LogP contribution in [0.15, 0.2) is 36.4 Å². The predicted octanol–water partition coefficient (Wildman–Crippen LogP) is 3.16. The smallest absolute Gasteiger partial charge is 0.295 e. The summed E-state index contributed by atoms with van der Waals surface area (Å²) in [5.41, 5.74) is 1.28. The molecule has 0 aromatic heterocycles. The number of fused-ring (bicyclic) bond motifs is 1. The van der Waals surface area contributed by atoms with Crippen LogP contribution in [0.2, 0.25) is 5.02 Å². The SMILES string of the molecule is CNC(=O)[C@@H]1C[C@@H](F)C[N+]1(C)C1(c2cc(C)ccc2OC)C(=O)Nc2ccc(Cl)cc21. The summed E-state index contributed by atoms with van der Waals surface area (Å²) in [6.07, 6.45) is -1.22. The Hall–Kier alpha value is -2.64. The number of carbonyl (C=O) groups is 2. The minimum Gasteiger partial charge on any atom is -0.496 e. The van der Waals surface area contributed by atoms with Crippen molar-refractivity contribution in [3.8, 4) is 5.75 Å². The van der Waals surface area contributed by atoms with E-state index in [-0.39, 0.29) is 29.3 Å². The summed E-state index contributed by atoms with van der Waals surface area (Å²) in [6, 6.07) is 9.95. The highest BCUT2D eigenvalue weighted by Gasteiger charge is 2.69. The first-order valence-electron chi connectivity index (χ1n) is 10.2. The van der Waals surface area contributed by atoms with Crippen LogP contribution in [0, 0.1) is 6.92 Å². The van der Waals surface area contributed by atoms with Crippen molar-refractivity contribution in [1.29, 1.82) is 0 Å². The van der Waals surface area contributed by atoms with E-state index in [4.69, 9.17) is 16.3 Å². The van der Waals surface area contributed by atoms with Crippen LogP contribution in [0.4, 0.5) is 10.1 Å². The second-order valence-corrected chi connectivity index (χ2v) is 8.91. The van der Waals surface area contributed by atoms with Gasteiger partial charge >= 0.3 is 0 Å². The van der Waals surface area contributed by atoms with Crippen LogP contribution in [0.3, 0.4) is 0 Å². The van der Waals surface area contributed by atoms with E-state index in [1.54, 1.807) is 31.3 Å². The van der Waals surface area contributed by atoms with Crippen molar-refractivity contribution in [2.24, 2.45) is 0 Å². The van der Waals surface area contributed by atoms with Gasteiger partial charge in [0.2, 0.25) is 5.54 Å². The normalized spacial score (nSPS) is 29.4. The second kappa shape index (κ2) is 7.50. The fourth-order valence-corrected chi connectivity index (χ4v) is 5.58. The molecule has 8 heteroatoms. The number of halogens is 2. The van der Waals surface area contributed by atoms with E-state index >= 15 is 0 Å². The number of nitrogens with one attached hydrogen (secondary N) is 2. The van der Waals surface area contributed by atoms with Crippen molar-refractivity contribution >= 4 is 29.1 Å². The second-order valence-electron chi connectivity index (χ2n) is 8.47. The number of amides is 2. The molecule has 164 valence electrons. The fourth-order valence-electron chi connectivity index (χ4n) is 5.41. The number of aryl methyl sites for hydroxylation is 1. The van der Waals surface area contributed by atoms with Crippen molar-refractivity contribution in [3.05, 3.63) is 58.1 Å². The van der Waals surface area contributed by atoms with Gasteiger partial charge in [-0.1, -0.05) is 23.2 Å². The number of carbonyl (C=O) groups excluding carboxylic acids is 2. The van der Waals surface area contributed by atoms with Crippen LogP contribution in [-0.4, -0.2) is 56.3 Å². The number of rotatable bonds is 4. The lowest BCUT2D eigenvalue weighted by Crippen LogP contribution is -2.68. The monoisotopic (exact) mass is 446 g/mol. The highest BCUT2D eigenvalue weighted by atomic mass is 35.5. The lowest BCUT2D eigenvalue weighted by Gasteiger charge is -2.48. The average Bonchev–Trinajstić information content (AvgIpc) is 3.20. The number of anilines is 1. The van der Waals surface area contributed by atoms with E-state index < -0.39 is 17.8 Å². The third-order valence-corrected chi connectivity index (χ3v) is 6.99. The molecule has 0 spiro atoms. The van der Waals surface area contributed by atoms with Crippen molar-refractivity contribution in [2.75, 3.05) is 33.1 Å². The summed E-state index contributed by atoms with van der Waals surface area (Å²) in [7, 11) is 4.83. The van der Waals surface area contributed by atoms with Gasteiger partial charge in [-0.25, -0.2) is 4.39 Å². The molecule has 2 aliphatic rings. The van der Waals surface area contributed by atoms with Crippen molar-refractivity contribution < 1.29 is 23.2 Å². The molecule has 2 amide bonds. The maximum absolute atomic E-state index is 15.0. The molecule has 4 rings (SSSR count). The minimum absolute atomic E-state index is 0.00540. The molecule has 2 aromatic rings. The maximum atomic E-state index is 15.0. The molecular formula is C23H26ClFN3O3+. The molecule has 1 saturated heterocycles. The zero-order valence-electron chi connectivity index (χ0n) is 18.0. The summed E-state index contributed by atoms with van der Waals surface area (Å²) >= 11 is 6.37. The number of methoxy groups -OCH3 is 1. The summed E-state index contributed by atoms with van der Waals surface area (Å²) in [6.45, 7) is 1.91. The molecule has 2 aromatic carbocycles. The van der Waals surface area contributed by atoms with Crippen molar-refractivity contribution in [1.82, 2.24) is 5.32 Å². The number of ether oxygens (including phenoxy) is 1. The largest absolute Gasteiger partial charge is 0.496 e. The van der Waals surface area contributed by atoms with E-state index in [1.165, 1.54) is 14.2 Å². The molecule has 2 aliphatic heterocycles. The Morgan fingerprint density at radius 1 is 1.29 bits per heavy atom. The van der Waals surface area contributed by atoms with Gasteiger partial charge in [0, 0.05) is 18.5 Å². The Labute approximate surface area is 185 Å². The van der Waals surface area contributed by atoms with E-state index in [9.17, 15) is 14.0 Å². The van der Waals surface area contributed by atoms with E-state index in [0.29, 0.717) is 27.6 Å². The van der Waals surface area contributed by atoms with Crippen molar-refractivity contribution in [3.63, 3.8) is 0 Å². The number of hydrogen-bond acceptors (Lipinski definition) is 3. The Balaban J connectivity index is 2.13. The molecule has 1 fully saturated rings. The number of likely N-dealkylation sites (N-methyl/N-ethyl adjacent to an activating group) is 2. The number of hydrogen-bond donors (Lipinski definition) is 2. The lowest BCUT2D eigenvalue weighted by molar-refractivity contribution is -0.953. The number of benzene rings is 2. The number of likely N-dealkylation sites (tertiary alicyclic amines) is 1. The first-order valence-corrected chi connectivity index (χ1v) is 10.5. The van der Waals surface area contributed by atoms with E-state index in [2.05, 4.69) is 10.6 Å². The van der Waals surface area contributed by atoms with Gasteiger partial charge in [-0.15, -0.1) is 0 Å². The fraction of sp³-hybridized carbons (Fsp3) is 0.391. The molecule has 6 nitrogen and oxygen atoms in total. The summed E-state index contributed by atoms with van der Waals surface area (Å²) < 4.78 is 20.5. The lowest BCUT2D eigenvalue weighted by atomic mass is 9.78. The van der Waals surface area contributed by atoms with Gasteiger partial charge < -0.3 is 15.4 Å². The maximum Gasteiger partial charge on any atom is 0.295 e. The van der Waals surface area contributed by atoms with Crippen LogP contribution >= 0.6 is 11.6 Å².